The van der Waals surface area contributed by atoms with Crippen LogP contribution >= 0.6 is 0 Å². The van der Waals surface area contributed by atoms with Crippen LogP contribution in [0.25, 0.3) is 0 Å². The molecule has 8 nitrogen and oxygen atoms in total. The van der Waals surface area contributed by atoms with Crippen molar-refractivity contribution in [2.75, 3.05) is 6.61 Å². The van der Waals surface area contributed by atoms with Crippen LogP contribution in [0, 0.1) is 46.3 Å². The number of carbonyl (C=O) groups excluding carboxylic acids is 3. The van der Waals surface area contributed by atoms with Crippen LogP contribution in [0.2, 0.25) is 0 Å². The van der Waals surface area contributed by atoms with E-state index in [1.54, 1.807) is 0 Å². The summed E-state index contributed by atoms with van der Waals surface area (Å²) in [4.78, 5) is 36.7. The fraction of sp³-hybridized carbons (Fsp3) is 0.909. The zero-order chi connectivity index (χ0) is 30.3. The van der Waals surface area contributed by atoms with E-state index in [1.165, 1.54) is 13.8 Å². The first kappa shape index (κ1) is 30.9. The van der Waals surface area contributed by atoms with Gasteiger partial charge < -0.3 is 24.4 Å². The molecule has 4 aliphatic carbocycles. The minimum Gasteiger partial charge on any atom is -0.460 e. The third-order valence-electron chi connectivity index (χ3n) is 13.3. The molecule has 2 N–H and O–H groups in total. The standard InChI is InChI=1S/C33H52O8/c1-18(19(2)29(5,6)40-21(4)36)28(39-20(3)35)31(8)33(41-31)27(38)16-26-24-10-9-22-15-23(37)11-13-30(22,7)25(24)12-14-32(26,33)17-34/h18-19,22,24-28,34,38H,9-17H2,1-8H3/t18-,19-,22-,24+,25-,26-,27-,28+,30-,31-,32+,33+/m0/s1. The Morgan fingerprint density at radius 1 is 1.07 bits per heavy atom. The van der Waals surface area contributed by atoms with Gasteiger partial charge in [0.1, 0.15) is 28.7 Å². The van der Waals surface area contributed by atoms with E-state index in [-0.39, 0.29) is 35.7 Å². The summed E-state index contributed by atoms with van der Waals surface area (Å²) in [5, 5.41) is 23.1. The van der Waals surface area contributed by atoms with Gasteiger partial charge in [0.05, 0.1) is 12.7 Å². The molecule has 12 atom stereocenters. The molecule has 0 unspecified atom stereocenters. The third-order valence-corrected chi connectivity index (χ3v) is 13.3. The van der Waals surface area contributed by atoms with Gasteiger partial charge in [-0.2, -0.15) is 0 Å². The van der Waals surface area contributed by atoms with Crippen molar-refractivity contribution in [3.8, 4) is 0 Å². The lowest BCUT2D eigenvalue weighted by Crippen LogP contribution is -2.60. The molecule has 0 aromatic rings. The average Bonchev–Trinajstić information content (AvgIpc) is 3.45. The first-order chi connectivity index (χ1) is 19.0. The summed E-state index contributed by atoms with van der Waals surface area (Å²) >= 11 is 0. The molecule has 41 heavy (non-hydrogen) atoms. The Labute approximate surface area is 245 Å². The topological polar surface area (TPSA) is 123 Å². The number of hydrogen-bond donors (Lipinski definition) is 2. The summed E-state index contributed by atoms with van der Waals surface area (Å²) in [6, 6.07) is 0. The van der Waals surface area contributed by atoms with Crippen molar-refractivity contribution >= 4 is 17.7 Å². The number of ether oxygens (including phenoxy) is 3. The lowest BCUT2D eigenvalue weighted by molar-refractivity contribution is -0.170. The van der Waals surface area contributed by atoms with E-state index in [4.69, 9.17) is 14.2 Å². The van der Waals surface area contributed by atoms with Gasteiger partial charge in [-0.15, -0.1) is 0 Å². The van der Waals surface area contributed by atoms with E-state index < -0.39 is 40.4 Å². The number of esters is 2. The van der Waals surface area contributed by atoms with Crippen LogP contribution in [-0.2, 0) is 28.6 Å². The van der Waals surface area contributed by atoms with Crippen molar-refractivity contribution in [3.63, 3.8) is 0 Å². The van der Waals surface area contributed by atoms with Gasteiger partial charge in [-0.1, -0.05) is 20.8 Å². The molecule has 0 radical (unpaired) electrons. The van der Waals surface area contributed by atoms with Crippen LogP contribution < -0.4 is 0 Å². The highest BCUT2D eigenvalue weighted by Crippen LogP contribution is 2.76. The molecule has 1 saturated heterocycles. The second-order valence-corrected chi connectivity index (χ2v) is 15.3. The van der Waals surface area contributed by atoms with E-state index >= 15 is 0 Å². The molecule has 1 spiro atoms. The number of ketones is 1. The Morgan fingerprint density at radius 2 is 1.76 bits per heavy atom. The van der Waals surface area contributed by atoms with E-state index in [2.05, 4.69) is 6.92 Å². The number of epoxide rings is 1. The quantitative estimate of drug-likeness (QED) is 0.333. The Balaban J connectivity index is 1.48. The van der Waals surface area contributed by atoms with Crippen LogP contribution in [0.5, 0.6) is 0 Å². The number of aliphatic hydroxyl groups is 2. The molecule has 5 aliphatic rings. The summed E-state index contributed by atoms with van der Waals surface area (Å²) in [7, 11) is 0. The SMILES string of the molecule is CC(=O)O[C@H]([C@@H](C)[C@H](C)C(C)(C)OC(C)=O)[C@]1(C)O[C@]12[C@@H](O)C[C@H]1[C@@H]3CC[C@H]4CC(=O)CC[C@]4(C)[C@H]3CC[C@@]12CO. The molecule has 0 aromatic heterocycles. The highest BCUT2D eigenvalue weighted by Gasteiger charge is 2.87. The highest BCUT2D eigenvalue weighted by molar-refractivity contribution is 5.79. The molecule has 5 fully saturated rings. The van der Waals surface area contributed by atoms with Crippen molar-refractivity contribution in [3.05, 3.63) is 0 Å². The van der Waals surface area contributed by atoms with Gasteiger partial charge in [0, 0.05) is 43.9 Å². The molecule has 0 bridgehead atoms. The molecule has 8 heteroatoms. The number of carbonyl (C=O) groups is 3. The zero-order valence-corrected chi connectivity index (χ0v) is 26.3. The summed E-state index contributed by atoms with van der Waals surface area (Å²) in [6.07, 6.45) is 4.99. The fourth-order valence-corrected chi connectivity index (χ4v) is 11.0. The fourth-order valence-electron chi connectivity index (χ4n) is 11.0. The van der Waals surface area contributed by atoms with Crippen LogP contribution in [0.1, 0.15) is 107 Å². The Bertz CT molecular complexity index is 1090. The Hall–Kier alpha value is -1.51. The molecule has 1 heterocycles. The van der Waals surface area contributed by atoms with Gasteiger partial charge in [0.2, 0.25) is 0 Å². The third kappa shape index (κ3) is 4.28. The molecule has 1 aliphatic heterocycles. The van der Waals surface area contributed by atoms with Crippen molar-refractivity contribution in [1.82, 2.24) is 0 Å². The monoisotopic (exact) mass is 576 g/mol. The van der Waals surface area contributed by atoms with Crippen LogP contribution in [-0.4, -0.2) is 63.6 Å². The molecular weight excluding hydrogens is 524 g/mol. The van der Waals surface area contributed by atoms with E-state index in [0.717, 1.165) is 32.1 Å². The van der Waals surface area contributed by atoms with Gasteiger partial charge in [0.15, 0.2) is 0 Å². The lowest BCUT2D eigenvalue weighted by Gasteiger charge is -2.60. The maximum absolute atomic E-state index is 12.5. The van der Waals surface area contributed by atoms with Gasteiger partial charge in [-0.05, 0) is 88.4 Å². The van der Waals surface area contributed by atoms with E-state index in [1.807, 2.05) is 34.6 Å². The van der Waals surface area contributed by atoms with Gasteiger partial charge in [-0.25, -0.2) is 0 Å². The second kappa shape index (κ2) is 10.0. The Kier molecular flexibility index (Phi) is 7.56. The maximum Gasteiger partial charge on any atom is 0.303 e. The number of Topliss-reactive ketones (excluding diaryl/α,β-unsaturated/α-hetero) is 1. The van der Waals surface area contributed by atoms with Gasteiger partial charge in [0.25, 0.3) is 0 Å². The molecular formula is C33H52O8. The van der Waals surface area contributed by atoms with Crippen LogP contribution in [0.4, 0.5) is 0 Å². The first-order valence-corrected chi connectivity index (χ1v) is 15.9. The molecule has 4 saturated carbocycles. The number of fused-ring (bicyclic) bond motifs is 6. The van der Waals surface area contributed by atoms with Crippen molar-refractivity contribution in [2.45, 2.75) is 136 Å². The molecule has 5 rings (SSSR count). The minimum absolute atomic E-state index is 0.0849. The van der Waals surface area contributed by atoms with E-state index in [0.29, 0.717) is 42.8 Å². The van der Waals surface area contributed by atoms with Crippen LogP contribution in [0.3, 0.4) is 0 Å². The predicted octanol–water partition coefficient (Wildman–Crippen LogP) is 4.61. The summed E-state index contributed by atoms with van der Waals surface area (Å²) in [5.74, 6) is 0.416. The van der Waals surface area contributed by atoms with Crippen LogP contribution in [0.15, 0.2) is 0 Å². The molecule has 0 aromatic carbocycles. The van der Waals surface area contributed by atoms with E-state index in [9.17, 15) is 24.6 Å². The molecule has 232 valence electrons. The predicted molar refractivity (Wildman–Crippen MR) is 151 cm³/mol. The summed E-state index contributed by atoms with van der Waals surface area (Å²) < 4.78 is 18.4. The van der Waals surface area contributed by atoms with Gasteiger partial charge >= 0.3 is 11.9 Å². The zero-order valence-electron chi connectivity index (χ0n) is 26.3. The number of aliphatic hydroxyl groups excluding tert-OH is 2. The van der Waals surface area contributed by atoms with Crippen molar-refractivity contribution in [2.24, 2.45) is 46.3 Å². The second-order valence-electron chi connectivity index (χ2n) is 15.3. The largest absolute Gasteiger partial charge is 0.460 e. The highest BCUT2D eigenvalue weighted by atomic mass is 16.7. The summed E-state index contributed by atoms with van der Waals surface area (Å²) in [5.41, 5.74) is -3.41. The first-order valence-electron chi connectivity index (χ1n) is 15.9. The minimum atomic E-state index is -1.04. The van der Waals surface area contributed by atoms with Crippen molar-refractivity contribution < 1.29 is 38.8 Å². The normalized spacial score (nSPS) is 45.6. The smallest absolute Gasteiger partial charge is 0.303 e. The number of rotatable bonds is 7. The molecule has 0 amide bonds. The lowest BCUT2D eigenvalue weighted by atomic mass is 9.44. The number of hydrogen-bond acceptors (Lipinski definition) is 8. The van der Waals surface area contributed by atoms with Gasteiger partial charge in [-0.3, -0.25) is 14.4 Å². The van der Waals surface area contributed by atoms with Crippen molar-refractivity contribution in [1.29, 1.82) is 0 Å². The Morgan fingerprint density at radius 3 is 2.37 bits per heavy atom. The summed E-state index contributed by atoms with van der Waals surface area (Å²) in [6.45, 7) is 14.7. The maximum atomic E-state index is 12.5. The average molecular weight is 577 g/mol.